The standard InChI is InChI=1S/C16H25N3O/c1-16(2,10-18(3)4)11-19-12-17-14(15(19)20)13-8-6-5-7-9-13/h5-9,14,17H,10-12H2,1-4H3. The maximum Gasteiger partial charge on any atom is 0.245 e. The van der Waals surface area contributed by atoms with E-state index >= 15 is 0 Å². The molecule has 1 atom stereocenters. The van der Waals surface area contributed by atoms with Crippen LogP contribution in [0.4, 0.5) is 0 Å². The van der Waals surface area contributed by atoms with Gasteiger partial charge in [0.15, 0.2) is 0 Å². The average Bonchev–Trinajstić information content (AvgIpc) is 2.70. The zero-order valence-electron chi connectivity index (χ0n) is 12.9. The Hall–Kier alpha value is -1.39. The predicted octanol–water partition coefficient (Wildman–Crippen LogP) is 1.70. The minimum atomic E-state index is -0.189. The van der Waals surface area contributed by atoms with Gasteiger partial charge in [0.25, 0.3) is 0 Å². The van der Waals surface area contributed by atoms with Crippen LogP contribution >= 0.6 is 0 Å². The minimum absolute atomic E-state index is 0.0897. The number of carbonyl (C=O) groups is 1. The monoisotopic (exact) mass is 275 g/mol. The van der Waals surface area contributed by atoms with Gasteiger partial charge in [0.2, 0.25) is 5.91 Å². The molecule has 4 heteroatoms. The minimum Gasteiger partial charge on any atom is -0.328 e. The van der Waals surface area contributed by atoms with E-state index in [1.54, 1.807) is 0 Å². The molecule has 0 radical (unpaired) electrons. The van der Waals surface area contributed by atoms with Crippen LogP contribution in [-0.2, 0) is 4.79 Å². The molecule has 0 aromatic heterocycles. The van der Waals surface area contributed by atoms with E-state index in [1.807, 2.05) is 35.2 Å². The van der Waals surface area contributed by atoms with Crippen LogP contribution in [0.15, 0.2) is 30.3 Å². The smallest absolute Gasteiger partial charge is 0.245 e. The van der Waals surface area contributed by atoms with Crippen molar-refractivity contribution in [2.75, 3.05) is 33.9 Å². The average molecular weight is 275 g/mol. The van der Waals surface area contributed by atoms with Crippen molar-refractivity contribution in [2.24, 2.45) is 5.41 Å². The maximum atomic E-state index is 12.5. The summed E-state index contributed by atoms with van der Waals surface area (Å²) in [5.41, 5.74) is 1.14. The van der Waals surface area contributed by atoms with Gasteiger partial charge in [-0.3, -0.25) is 10.1 Å². The van der Waals surface area contributed by atoms with Crippen molar-refractivity contribution in [1.82, 2.24) is 15.1 Å². The molecule has 0 aliphatic carbocycles. The molecule has 2 rings (SSSR count). The first kappa shape index (κ1) is 15.0. The number of nitrogens with zero attached hydrogens (tertiary/aromatic N) is 2. The largest absolute Gasteiger partial charge is 0.328 e. The molecule has 1 amide bonds. The highest BCUT2D eigenvalue weighted by molar-refractivity contribution is 5.85. The van der Waals surface area contributed by atoms with Crippen molar-refractivity contribution in [2.45, 2.75) is 19.9 Å². The summed E-state index contributed by atoms with van der Waals surface area (Å²) in [5.74, 6) is 0.183. The lowest BCUT2D eigenvalue weighted by Gasteiger charge is -2.32. The van der Waals surface area contributed by atoms with Crippen LogP contribution in [0.5, 0.6) is 0 Å². The van der Waals surface area contributed by atoms with Crippen LogP contribution in [0.1, 0.15) is 25.5 Å². The number of amides is 1. The summed E-state index contributed by atoms with van der Waals surface area (Å²) < 4.78 is 0. The summed E-state index contributed by atoms with van der Waals surface area (Å²) in [4.78, 5) is 16.6. The molecule has 1 unspecified atom stereocenters. The second-order valence-corrected chi connectivity index (χ2v) is 6.64. The van der Waals surface area contributed by atoms with Gasteiger partial charge in [-0.2, -0.15) is 0 Å². The molecular formula is C16H25N3O. The van der Waals surface area contributed by atoms with Crippen LogP contribution in [0.25, 0.3) is 0 Å². The first-order valence-electron chi connectivity index (χ1n) is 7.11. The number of hydrogen-bond donors (Lipinski definition) is 1. The van der Waals surface area contributed by atoms with Gasteiger partial charge >= 0.3 is 0 Å². The normalized spacial score (nSPS) is 19.9. The summed E-state index contributed by atoms with van der Waals surface area (Å²) in [6, 6.07) is 9.74. The zero-order chi connectivity index (χ0) is 14.8. The number of hydrogen-bond acceptors (Lipinski definition) is 3. The molecule has 1 aromatic carbocycles. The van der Waals surface area contributed by atoms with E-state index in [2.05, 4.69) is 38.2 Å². The molecule has 110 valence electrons. The Kier molecular flexibility index (Phi) is 4.45. The van der Waals surface area contributed by atoms with Gasteiger partial charge in [0.05, 0.1) is 6.67 Å². The van der Waals surface area contributed by atoms with E-state index < -0.39 is 0 Å². The molecule has 4 nitrogen and oxygen atoms in total. The van der Waals surface area contributed by atoms with Crippen LogP contribution in [-0.4, -0.2) is 49.6 Å². The number of carbonyl (C=O) groups excluding carboxylic acids is 1. The van der Waals surface area contributed by atoms with Crippen molar-refractivity contribution in [3.63, 3.8) is 0 Å². The lowest BCUT2D eigenvalue weighted by atomic mass is 9.92. The highest BCUT2D eigenvalue weighted by Crippen LogP contribution is 2.25. The fourth-order valence-corrected chi connectivity index (χ4v) is 3.01. The third-order valence-corrected chi connectivity index (χ3v) is 3.54. The van der Waals surface area contributed by atoms with Crippen molar-refractivity contribution >= 4 is 5.91 Å². The molecule has 0 spiro atoms. The highest BCUT2D eigenvalue weighted by atomic mass is 16.2. The SMILES string of the molecule is CN(C)CC(C)(C)CN1CNC(c2ccccc2)C1=O. The summed E-state index contributed by atoms with van der Waals surface area (Å²) >= 11 is 0. The Labute approximate surface area is 121 Å². The van der Waals surface area contributed by atoms with Crippen molar-refractivity contribution in [3.05, 3.63) is 35.9 Å². The third-order valence-electron chi connectivity index (χ3n) is 3.54. The van der Waals surface area contributed by atoms with E-state index in [0.29, 0.717) is 6.67 Å². The van der Waals surface area contributed by atoms with Crippen LogP contribution in [0.2, 0.25) is 0 Å². The van der Waals surface area contributed by atoms with Crippen LogP contribution < -0.4 is 5.32 Å². The summed E-state index contributed by atoms with van der Waals surface area (Å²) in [5, 5.41) is 3.31. The van der Waals surface area contributed by atoms with E-state index in [-0.39, 0.29) is 17.4 Å². The fourth-order valence-electron chi connectivity index (χ4n) is 3.01. The van der Waals surface area contributed by atoms with Gasteiger partial charge in [0.1, 0.15) is 6.04 Å². The Morgan fingerprint density at radius 3 is 2.55 bits per heavy atom. The molecule has 1 heterocycles. The molecule has 1 aliphatic heterocycles. The van der Waals surface area contributed by atoms with Gasteiger partial charge in [-0.1, -0.05) is 44.2 Å². The molecule has 0 saturated carbocycles. The molecule has 1 fully saturated rings. The third kappa shape index (κ3) is 3.58. The second-order valence-electron chi connectivity index (χ2n) is 6.64. The van der Waals surface area contributed by atoms with Gasteiger partial charge in [-0.05, 0) is 25.1 Å². The molecule has 1 aliphatic rings. The maximum absolute atomic E-state index is 12.5. The Morgan fingerprint density at radius 2 is 1.95 bits per heavy atom. The molecule has 1 N–H and O–H groups in total. The molecule has 1 saturated heterocycles. The fraction of sp³-hybridized carbons (Fsp3) is 0.562. The summed E-state index contributed by atoms with van der Waals surface area (Å²) in [6.07, 6.45) is 0. The predicted molar refractivity (Wildman–Crippen MR) is 81.2 cm³/mol. The van der Waals surface area contributed by atoms with Crippen LogP contribution in [0.3, 0.4) is 0 Å². The topological polar surface area (TPSA) is 35.6 Å². The lowest BCUT2D eigenvalue weighted by molar-refractivity contribution is -0.130. The lowest BCUT2D eigenvalue weighted by Crippen LogP contribution is -2.41. The van der Waals surface area contributed by atoms with Crippen LogP contribution in [0, 0.1) is 5.41 Å². The Morgan fingerprint density at radius 1 is 1.30 bits per heavy atom. The second kappa shape index (κ2) is 5.94. The van der Waals surface area contributed by atoms with Gasteiger partial charge in [-0.15, -0.1) is 0 Å². The summed E-state index contributed by atoms with van der Waals surface area (Å²) in [6.45, 7) is 6.79. The van der Waals surface area contributed by atoms with E-state index in [0.717, 1.165) is 18.7 Å². The van der Waals surface area contributed by atoms with Gasteiger partial charge in [-0.25, -0.2) is 0 Å². The highest BCUT2D eigenvalue weighted by Gasteiger charge is 2.35. The van der Waals surface area contributed by atoms with Crippen molar-refractivity contribution in [3.8, 4) is 0 Å². The molecule has 20 heavy (non-hydrogen) atoms. The number of rotatable bonds is 5. The molecule has 1 aromatic rings. The summed E-state index contributed by atoms with van der Waals surface area (Å²) in [7, 11) is 4.14. The number of benzene rings is 1. The molecule has 0 bridgehead atoms. The zero-order valence-corrected chi connectivity index (χ0v) is 12.9. The first-order valence-corrected chi connectivity index (χ1v) is 7.11. The Bertz CT molecular complexity index is 456. The number of nitrogens with one attached hydrogen (secondary N) is 1. The van der Waals surface area contributed by atoms with E-state index in [9.17, 15) is 4.79 Å². The Balaban J connectivity index is 2.01. The van der Waals surface area contributed by atoms with Gasteiger partial charge < -0.3 is 9.80 Å². The first-order chi connectivity index (χ1) is 9.39. The van der Waals surface area contributed by atoms with Gasteiger partial charge in [0, 0.05) is 13.1 Å². The van der Waals surface area contributed by atoms with E-state index in [1.165, 1.54) is 0 Å². The van der Waals surface area contributed by atoms with Crippen molar-refractivity contribution in [1.29, 1.82) is 0 Å². The quantitative estimate of drug-likeness (QED) is 0.888. The molecular weight excluding hydrogens is 250 g/mol. The van der Waals surface area contributed by atoms with Crippen molar-refractivity contribution < 1.29 is 4.79 Å². The van der Waals surface area contributed by atoms with E-state index in [4.69, 9.17) is 0 Å².